The SMILES string of the molecule is NC1CCC(c2nc(-c3ncc[nH]3)no2)CC1. The predicted molar refractivity (Wildman–Crippen MR) is 61.1 cm³/mol. The number of rotatable bonds is 2. The minimum Gasteiger partial charge on any atom is -0.342 e. The number of imidazole rings is 1. The zero-order valence-corrected chi connectivity index (χ0v) is 9.47. The number of nitrogens with two attached hydrogens (primary N) is 1. The molecule has 0 aromatic carbocycles. The van der Waals surface area contributed by atoms with Gasteiger partial charge in [0.25, 0.3) is 0 Å². The van der Waals surface area contributed by atoms with Gasteiger partial charge in [-0.15, -0.1) is 0 Å². The van der Waals surface area contributed by atoms with Crippen LogP contribution in [-0.4, -0.2) is 26.2 Å². The van der Waals surface area contributed by atoms with Crippen molar-refractivity contribution >= 4 is 0 Å². The van der Waals surface area contributed by atoms with Gasteiger partial charge in [0.15, 0.2) is 5.82 Å². The van der Waals surface area contributed by atoms with E-state index in [0.29, 0.717) is 29.5 Å². The summed E-state index contributed by atoms with van der Waals surface area (Å²) in [5.74, 6) is 2.24. The first-order valence-corrected chi connectivity index (χ1v) is 5.92. The largest absolute Gasteiger partial charge is 0.342 e. The summed E-state index contributed by atoms with van der Waals surface area (Å²) in [5.41, 5.74) is 5.88. The van der Waals surface area contributed by atoms with Gasteiger partial charge in [0.2, 0.25) is 11.7 Å². The van der Waals surface area contributed by atoms with Crippen LogP contribution in [0.3, 0.4) is 0 Å². The van der Waals surface area contributed by atoms with Crippen LogP contribution >= 0.6 is 0 Å². The molecule has 1 aliphatic rings. The van der Waals surface area contributed by atoms with Crippen molar-refractivity contribution in [2.24, 2.45) is 5.73 Å². The Morgan fingerprint density at radius 3 is 2.82 bits per heavy atom. The monoisotopic (exact) mass is 233 g/mol. The summed E-state index contributed by atoms with van der Waals surface area (Å²) < 4.78 is 5.30. The Hall–Kier alpha value is -1.69. The third-order valence-corrected chi connectivity index (χ3v) is 3.27. The van der Waals surface area contributed by atoms with Crippen molar-refractivity contribution in [3.63, 3.8) is 0 Å². The molecule has 0 spiro atoms. The van der Waals surface area contributed by atoms with E-state index in [-0.39, 0.29) is 0 Å². The Morgan fingerprint density at radius 2 is 2.12 bits per heavy atom. The van der Waals surface area contributed by atoms with Gasteiger partial charge in [-0.25, -0.2) is 4.98 Å². The van der Waals surface area contributed by atoms with Gasteiger partial charge in [-0.2, -0.15) is 4.98 Å². The number of nitrogens with one attached hydrogen (secondary N) is 1. The molecule has 90 valence electrons. The van der Waals surface area contributed by atoms with Crippen LogP contribution < -0.4 is 5.73 Å². The molecule has 17 heavy (non-hydrogen) atoms. The highest BCUT2D eigenvalue weighted by molar-refractivity contribution is 5.40. The first-order chi connectivity index (χ1) is 8.33. The van der Waals surface area contributed by atoms with Gasteiger partial charge >= 0.3 is 0 Å². The van der Waals surface area contributed by atoms with Crippen LogP contribution in [0.5, 0.6) is 0 Å². The first-order valence-electron chi connectivity index (χ1n) is 5.92. The first kappa shape index (κ1) is 10.5. The Morgan fingerprint density at radius 1 is 1.29 bits per heavy atom. The zero-order valence-electron chi connectivity index (χ0n) is 9.47. The summed E-state index contributed by atoms with van der Waals surface area (Å²) in [6, 6.07) is 0.332. The molecule has 6 heteroatoms. The smallest absolute Gasteiger partial charge is 0.238 e. The molecule has 0 amide bonds. The number of aromatic nitrogens is 4. The van der Waals surface area contributed by atoms with Crippen LogP contribution in [0.1, 0.15) is 37.5 Å². The van der Waals surface area contributed by atoms with Gasteiger partial charge in [0.1, 0.15) is 0 Å². The molecule has 1 fully saturated rings. The molecule has 0 atom stereocenters. The van der Waals surface area contributed by atoms with Crippen molar-refractivity contribution < 1.29 is 4.52 Å². The molecule has 2 aromatic heterocycles. The normalized spacial score (nSPS) is 25.0. The lowest BCUT2D eigenvalue weighted by atomic mass is 9.86. The van der Waals surface area contributed by atoms with E-state index in [2.05, 4.69) is 20.1 Å². The summed E-state index contributed by atoms with van der Waals surface area (Å²) in [5, 5.41) is 3.94. The van der Waals surface area contributed by atoms with Crippen molar-refractivity contribution in [1.82, 2.24) is 20.1 Å². The molecule has 2 heterocycles. The van der Waals surface area contributed by atoms with Gasteiger partial charge in [-0.3, -0.25) is 0 Å². The minimum atomic E-state index is 0.332. The molecule has 0 saturated heterocycles. The van der Waals surface area contributed by atoms with E-state index in [1.54, 1.807) is 12.4 Å². The van der Waals surface area contributed by atoms with Gasteiger partial charge in [-0.05, 0) is 25.7 Å². The molecule has 1 aliphatic carbocycles. The predicted octanol–water partition coefficient (Wildman–Crippen LogP) is 1.44. The van der Waals surface area contributed by atoms with Gasteiger partial charge in [0.05, 0.1) is 0 Å². The maximum absolute atomic E-state index is 5.88. The highest BCUT2D eigenvalue weighted by Crippen LogP contribution is 2.31. The van der Waals surface area contributed by atoms with Crippen molar-refractivity contribution in [3.05, 3.63) is 18.3 Å². The number of nitrogens with zero attached hydrogens (tertiary/aromatic N) is 3. The highest BCUT2D eigenvalue weighted by Gasteiger charge is 2.25. The van der Waals surface area contributed by atoms with Crippen LogP contribution in [0, 0.1) is 0 Å². The van der Waals surface area contributed by atoms with E-state index < -0.39 is 0 Å². The fourth-order valence-corrected chi connectivity index (χ4v) is 2.25. The van der Waals surface area contributed by atoms with E-state index in [9.17, 15) is 0 Å². The molecule has 6 nitrogen and oxygen atoms in total. The summed E-state index contributed by atoms with van der Waals surface area (Å²) >= 11 is 0. The Labute approximate surface area is 98.6 Å². The maximum Gasteiger partial charge on any atom is 0.238 e. The average molecular weight is 233 g/mol. The van der Waals surface area contributed by atoms with Crippen molar-refractivity contribution in [2.75, 3.05) is 0 Å². The number of hydrogen-bond acceptors (Lipinski definition) is 5. The van der Waals surface area contributed by atoms with Crippen LogP contribution in [0.4, 0.5) is 0 Å². The molecular weight excluding hydrogens is 218 g/mol. The fourth-order valence-electron chi connectivity index (χ4n) is 2.25. The van der Waals surface area contributed by atoms with Crippen molar-refractivity contribution in [1.29, 1.82) is 0 Å². The summed E-state index contributed by atoms with van der Waals surface area (Å²) in [7, 11) is 0. The third kappa shape index (κ3) is 2.08. The Balaban J connectivity index is 1.76. The van der Waals surface area contributed by atoms with E-state index in [0.717, 1.165) is 25.7 Å². The molecule has 2 aromatic rings. The van der Waals surface area contributed by atoms with Crippen molar-refractivity contribution in [2.45, 2.75) is 37.6 Å². The third-order valence-electron chi connectivity index (χ3n) is 3.27. The topological polar surface area (TPSA) is 93.6 Å². The second kappa shape index (κ2) is 4.29. The molecule has 3 N–H and O–H groups in total. The fraction of sp³-hybridized carbons (Fsp3) is 0.545. The molecule has 3 rings (SSSR count). The number of H-pyrrole nitrogens is 1. The second-order valence-corrected chi connectivity index (χ2v) is 4.51. The van der Waals surface area contributed by atoms with Crippen LogP contribution in [0.2, 0.25) is 0 Å². The zero-order chi connectivity index (χ0) is 11.7. The van der Waals surface area contributed by atoms with E-state index in [1.165, 1.54) is 0 Å². The average Bonchev–Trinajstić information content (AvgIpc) is 3.00. The van der Waals surface area contributed by atoms with Crippen LogP contribution in [0.15, 0.2) is 16.9 Å². The lowest BCUT2D eigenvalue weighted by molar-refractivity contribution is 0.301. The quantitative estimate of drug-likeness (QED) is 0.818. The highest BCUT2D eigenvalue weighted by atomic mass is 16.5. The lowest BCUT2D eigenvalue weighted by Gasteiger charge is -2.22. The van der Waals surface area contributed by atoms with Gasteiger partial charge in [0, 0.05) is 24.4 Å². The van der Waals surface area contributed by atoms with Gasteiger partial charge < -0.3 is 15.2 Å². The molecule has 0 aliphatic heterocycles. The molecule has 0 unspecified atom stereocenters. The van der Waals surface area contributed by atoms with Crippen LogP contribution in [0.25, 0.3) is 11.6 Å². The molecular formula is C11H15N5O. The lowest BCUT2D eigenvalue weighted by Crippen LogP contribution is -2.25. The van der Waals surface area contributed by atoms with E-state index in [1.807, 2.05) is 0 Å². The molecule has 0 radical (unpaired) electrons. The summed E-state index contributed by atoms with van der Waals surface area (Å²) in [6.45, 7) is 0. The van der Waals surface area contributed by atoms with Crippen LogP contribution in [-0.2, 0) is 0 Å². The Kier molecular flexibility index (Phi) is 2.64. The summed E-state index contributed by atoms with van der Waals surface area (Å²) in [4.78, 5) is 11.4. The molecule has 0 bridgehead atoms. The van der Waals surface area contributed by atoms with E-state index >= 15 is 0 Å². The van der Waals surface area contributed by atoms with Crippen molar-refractivity contribution in [3.8, 4) is 11.6 Å². The summed E-state index contributed by atoms with van der Waals surface area (Å²) in [6.07, 6.45) is 7.53. The molecule has 1 saturated carbocycles. The standard InChI is InChI=1S/C11H15N5O/c12-8-3-1-7(2-4-8)11-15-10(16-17-11)9-13-5-6-14-9/h5-8H,1-4,12H2,(H,13,14). The number of aromatic amines is 1. The Bertz CT molecular complexity index is 470. The maximum atomic E-state index is 5.88. The van der Waals surface area contributed by atoms with Gasteiger partial charge in [-0.1, -0.05) is 5.16 Å². The van der Waals surface area contributed by atoms with E-state index in [4.69, 9.17) is 10.3 Å². The number of hydrogen-bond donors (Lipinski definition) is 2. The second-order valence-electron chi connectivity index (χ2n) is 4.51. The minimum absolute atomic E-state index is 0.332.